The Labute approximate surface area is 116 Å². The van der Waals surface area contributed by atoms with Crippen LogP contribution in [-0.2, 0) is 9.53 Å². The maximum absolute atomic E-state index is 11.8. The summed E-state index contributed by atoms with van der Waals surface area (Å²) in [6.07, 6.45) is 6.51. The fourth-order valence-corrected chi connectivity index (χ4v) is 2.88. The van der Waals surface area contributed by atoms with Gasteiger partial charge in [-0.05, 0) is 32.9 Å². The topological polar surface area (TPSA) is 67.6 Å². The SMILES string of the molecule is COCC(N)C(=O)NCC(C1CCCCC1)N(C)C. The molecule has 0 aliphatic heterocycles. The molecule has 1 amide bonds. The summed E-state index contributed by atoms with van der Waals surface area (Å²) < 4.78 is 4.90. The third-order valence-electron chi connectivity index (χ3n) is 4.03. The number of nitrogens with one attached hydrogen (secondary N) is 1. The molecule has 0 radical (unpaired) electrons. The molecule has 1 rings (SSSR count). The Bertz CT molecular complexity index is 265. The number of likely N-dealkylation sites (N-methyl/N-ethyl adjacent to an activating group) is 1. The molecule has 5 nitrogen and oxygen atoms in total. The molecule has 2 unspecified atom stereocenters. The van der Waals surface area contributed by atoms with Gasteiger partial charge in [0.25, 0.3) is 0 Å². The molecule has 1 aliphatic carbocycles. The first kappa shape index (κ1) is 16.4. The molecule has 0 aromatic heterocycles. The van der Waals surface area contributed by atoms with Crippen LogP contribution in [0.15, 0.2) is 0 Å². The summed E-state index contributed by atoms with van der Waals surface area (Å²) in [7, 11) is 5.72. The Kier molecular flexibility index (Phi) is 7.34. The van der Waals surface area contributed by atoms with Crippen LogP contribution in [0.1, 0.15) is 32.1 Å². The number of carbonyl (C=O) groups is 1. The van der Waals surface area contributed by atoms with E-state index in [4.69, 9.17) is 10.5 Å². The number of amides is 1. The molecular formula is C14H29N3O2. The molecule has 0 heterocycles. The summed E-state index contributed by atoms with van der Waals surface area (Å²) in [5.41, 5.74) is 5.72. The van der Waals surface area contributed by atoms with Crippen LogP contribution in [0.2, 0.25) is 0 Å². The lowest BCUT2D eigenvalue weighted by molar-refractivity contribution is -0.123. The molecule has 19 heavy (non-hydrogen) atoms. The molecule has 1 aliphatic rings. The molecule has 0 spiro atoms. The Morgan fingerprint density at radius 2 is 2.00 bits per heavy atom. The Morgan fingerprint density at radius 1 is 1.37 bits per heavy atom. The molecule has 112 valence electrons. The molecule has 1 saturated carbocycles. The minimum absolute atomic E-state index is 0.121. The lowest BCUT2D eigenvalue weighted by Crippen LogP contribution is -2.50. The van der Waals surface area contributed by atoms with Crippen LogP contribution in [0, 0.1) is 5.92 Å². The summed E-state index contributed by atoms with van der Waals surface area (Å²) in [5, 5.41) is 2.96. The summed E-state index contributed by atoms with van der Waals surface area (Å²) >= 11 is 0. The maximum atomic E-state index is 11.8. The van der Waals surface area contributed by atoms with Gasteiger partial charge < -0.3 is 20.7 Å². The third-order valence-corrected chi connectivity index (χ3v) is 4.03. The van der Waals surface area contributed by atoms with E-state index in [1.165, 1.54) is 32.1 Å². The summed E-state index contributed by atoms with van der Waals surface area (Å²) in [4.78, 5) is 14.0. The van der Waals surface area contributed by atoms with Gasteiger partial charge in [0, 0.05) is 19.7 Å². The normalized spacial score (nSPS) is 20.3. The van der Waals surface area contributed by atoms with E-state index in [1.54, 1.807) is 7.11 Å². The predicted octanol–water partition coefficient (Wildman–Crippen LogP) is 0.587. The molecule has 0 saturated heterocycles. The highest BCUT2D eigenvalue weighted by molar-refractivity contribution is 5.81. The van der Waals surface area contributed by atoms with E-state index in [2.05, 4.69) is 24.3 Å². The largest absolute Gasteiger partial charge is 0.383 e. The van der Waals surface area contributed by atoms with Crippen molar-refractivity contribution >= 4 is 5.91 Å². The molecule has 5 heteroatoms. The van der Waals surface area contributed by atoms with Crippen LogP contribution < -0.4 is 11.1 Å². The Balaban J connectivity index is 2.43. The first-order chi connectivity index (χ1) is 9.06. The van der Waals surface area contributed by atoms with Crippen LogP contribution in [0.4, 0.5) is 0 Å². The summed E-state index contributed by atoms with van der Waals surface area (Å²) in [5.74, 6) is 0.562. The molecule has 0 bridgehead atoms. The maximum Gasteiger partial charge on any atom is 0.239 e. The summed E-state index contributed by atoms with van der Waals surface area (Å²) in [6, 6.07) is -0.168. The number of rotatable bonds is 7. The predicted molar refractivity (Wildman–Crippen MR) is 76.9 cm³/mol. The van der Waals surface area contributed by atoms with Crippen molar-refractivity contribution in [2.75, 3.05) is 34.4 Å². The van der Waals surface area contributed by atoms with Crippen LogP contribution in [0.5, 0.6) is 0 Å². The van der Waals surface area contributed by atoms with E-state index in [0.29, 0.717) is 18.5 Å². The van der Waals surface area contributed by atoms with Crippen LogP contribution in [0.3, 0.4) is 0 Å². The fourth-order valence-electron chi connectivity index (χ4n) is 2.88. The second-order valence-electron chi connectivity index (χ2n) is 5.74. The van der Waals surface area contributed by atoms with Crippen LogP contribution >= 0.6 is 0 Å². The van der Waals surface area contributed by atoms with Gasteiger partial charge >= 0.3 is 0 Å². The first-order valence-electron chi connectivity index (χ1n) is 7.25. The van der Waals surface area contributed by atoms with E-state index in [1.807, 2.05) is 0 Å². The average Bonchev–Trinajstić information content (AvgIpc) is 2.39. The number of ether oxygens (including phenoxy) is 1. The highest BCUT2D eigenvalue weighted by Gasteiger charge is 2.26. The van der Waals surface area contributed by atoms with Gasteiger partial charge in [-0.25, -0.2) is 0 Å². The van der Waals surface area contributed by atoms with Gasteiger partial charge in [0.15, 0.2) is 0 Å². The van der Waals surface area contributed by atoms with Crippen molar-refractivity contribution in [2.45, 2.75) is 44.2 Å². The van der Waals surface area contributed by atoms with Gasteiger partial charge in [-0.2, -0.15) is 0 Å². The fraction of sp³-hybridized carbons (Fsp3) is 0.929. The van der Waals surface area contributed by atoms with Crippen molar-refractivity contribution in [2.24, 2.45) is 11.7 Å². The molecule has 0 aromatic carbocycles. The molecule has 3 N–H and O–H groups in total. The zero-order valence-electron chi connectivity index (χ0n) is 12.5. The lowest BCUT2D eigenvalue weighted by atomic mass is 9.83. The van der Waals surface area contributed by atoms with Gasteiger partial charge in [0.2, 0.25) is 5.91 Å². The van der Waals surface area contributed by atoms with Crippen molar-refractivity contribution in [1.82, 2.24) is 10.2 Å². The van der Waals surface area contributed by atoms with Crippen molar-refractivity contribution in [3.05, 3.63) is 0 Å². The zero-order valence-corrected chi connectivity index (χ0v) is 12.5. The first-order valence-corrected chi connectivity index (χ1v) is 7.25. The van der Waals surface area contributed by atoms with Gasteiger partial charge in [-0.1, -0.05) is 19.3 Å². The van der Waals surface area contributed by atoms with E-state index in [0.717, 1.165) is 0 Å². The second-order valence-corrected chi connectivity index (χ2v) is 5.74. The van der Waals surface area contributed by atoms with Crippen molar-refractivity contribution in [3.8, 4) is 0 Å². The van der Waals surface area contributed by atoms with Gasteiger partial charge in [-0.15, -0.1) is 0 Å². The highest BCUT2D eigenvalue weighted by Crippen LogP contribution is 2.27. The number of methoxy groups -OCH3 is 1. The molecule has 2 atom stereocenters. The van der Waals surface area contributed by atoms with Crippen molar-refractivity contribution < 1.29 is 9.53 Å². The monoisotopic (exact) mass is 271 g/mol. The summed E-state index contributed by atoms with van der Waals surface area (Å²) in [6.45, 7) is 0.940. The Hall–Kier alpha value is -0.650. The molecular weight excluding hydrogens is 242 g/mol. The van der Waals surface area contributed by atoms with Crippen LogP contribution in [-0.4, -0.2) is 57.2 Å². The standard InChI is InChI=1S/C14H29N3O2/c1-17(2)13(11-7-5-4-6-8-11)9-16-14(18)12(15)10-19-3/h11-13H,4-10,15H2,1-3H3,(H,16,18). The number of hydrogen-bond donors (Lipinski definition) is 2. The number of nitrogens with two attached hydrogens (primary N) is 1. The minimum Gasteiger partial charge on any atom is -0.383 e. The van der Waals surface area contributed by atoms with E-state index in [-0.39, 0.29) is 12.5 Å². The quantitative estimate of drug-likeness (QED) is 0.711. The number of nitrogens with zero attached hydrogens (tertiary/aromatic N) is 1. The van der Waals surface area contributed by atoms with Crippen molar-refractivity contribution in [1.29, 1.82) is 0 Å². The average molecular weight is 271 g/mol. The second kappa shape index (κ2) is 8.51. The zero-order chi connectivity index (χ0) is 14.3. The van der Waals surface area contributed by atoms with E-state index < -0.39 is 6.04 Å². The number of hydrogen-bond acceptors (Lipinski definition) is 4. The number of carbonyl (C=O) groups excluding carboxylic acids is 1. The smallest absolute Gasteiger partial charge is 0.239 e. The third kappa shape index (κ3) is 5.47. The van der Waals surface area contributed by atoms with E-state index in [9.17, 15) is 4.79 Å². The van der Waals surface area contributed by atoms with E-state index >= 15 is 0 Å². The van der Waals surface area contributed by atoms with Gasteiger partial charge in [0.1, 0.15) is 6.04 Å². The minimum atomic E-state index is -0.570. The van der Waals surface area contributed by atoms with Gasteiger partial charge in [0.05, 0.1) is 6.61 Å². The molecule has 0 aromatic rings. The van der Waals surface area contributed by atoms with Crippen LogP contribution in [0.25, 0.3) is 0 Å². The lowest BCUT2D eigenvalue weighted by Gasteiger charge is -2.35. The van der Waals surface area contributed by atoms with Crippen molar-refractivity contribution in [3.63, 3.8) is 0 Å². The van der Waals surface area contributed by atoms with Gasteiger partial charge in [-0.3, -0.25) is 4.79 Å². The molecule has 1 fully saturated rings. The highest BCUT2D eigenvalue weighted by atomic mass is 16.5. The Morgan fingerprint density at radius 3 is 2.53 bits per heavy atom.